The van der Waals surface area contributed by atoms with Gasteiger partial charge in [-0.1, -0.05) is 34.6 Å². The minimum Gasteiger partial charge on any atom is -0.312 e. The molecule has 0 aromatic rings. The zero-order chi connectivity index (χ0) is 13.7. The van der Waals surface area contributed by atoms with Crippen LogP contribution in [0.4, 0.5) is 0 Å². The monoisotopic (exact) mass is 254 g/mol. The van der Waals surface area contributed by atoms with Crippen molar-refractivity contribution in [2.75, 3.05) is 20.1 Å². The van der Waals surface area contributed by atoms with Gasteiger partial charge in [-0.15, -0.1) is 0 Å². The van der Waals surface area contributed by atoms with E-state index in [9.17, 15) is 0 Å². The van der Waals surface area contributed by atoms with Crippen LogP contribution in [-0.4, -0.2) is 37.1 Å². The summed E-state index contributed by atoms with van der Waals surface area (Å²) in [7, 11) is 2.32. The lowest BCUT2D eigenvalue weighted by atomic mass is 9.75. The Morgan fingerprint density at radius 1 is 1.22 bits per heavy atom. The van der Waals surface area contributed by atoms with E-state index in [-0.39, 0.29) is 0 Å². The summed E-state index contributed by atoms with van der Waals surface area (Å²) in [4.78, 5) is 2.61. The molecule has 0 radical (unpaired) electrons. The van der Waals surface area contributed by atoms with Crippen molar-refractivity contribution in [3.63, 3.8) is 0 Å². The molecular formula is C16H34N2. The van der Waals surface area contributed by atoms with Crippen LogP contribution in [0.3, 0.4) is 0 Å². The first-order valence-electron chi connectivity index (χ1n) is 7.89. The molecule has 2 heteroatoms. The first-order valence-corrected chi connectivity index (χ1v) is 7.89. The maximum absolute atomic E-state index is 3.79. The summed E-state index contributed by atoms with van der Waals surface area (Å²) in [6.45, 7) is 14.1. The number of nitrogens with zero attached hydrogens (tertiary/aromatic N) is 1. The average molecular weight is 254 g/mol. The fourth-order valence-electron chi connectivity index (χ4n) is 3.81. The Morgan fingerprint density at radius 3 is 2.44 bits per heavy atom. The molecule has 1 aliphatic carbocycles. The third-order valence-electron chi connectivity index (χ3n) is 4.24. The van der Waals surface area contributed by atoms with Crippen molar-refractivity contribution >= 4 is 0 Å². The molecule has 2 nitrogen and oxygen atoms in total. The molecule has 0 amide bonds. The van der Waals surface area contributed by atoms with Gasteiger partial charge in [0.25, 0.3) is 0 Å². The Hall–Kier alpha value is -0.0800. The molecule has 0 spiro atoms. The van der Waals surface area contributed by atoms with Gasteiger partial charge in [-0.3, -0.25) is 0 Å². The molecule has 0 saturated heterocycles. The summed E-state index contributed by atoms with van der Waals surface area (Å²) < 4.78 is 0. The van der Waals surface area contributed by atoms with E-state index in [0.717, 1.165) is 30.3 Å². The molecule has 0 heterocycles. The molecule has 108 valence electrons. The van der Waals surface area contributed by atoms with Crippen molar-refractivity contribution in [2.24, 2.45) is 17.8 Å². The number of rotatable bonds is 6. The number of hydrogen-bond donors (Lipinski definition) is 1. The van der Waals surface area contributed by atoms with Gasteiger partial charge in [0.1, 0.15) is 0 Å². The normalized spacial score (nSPS) is 33.3. The van der Waals surface area contributed by atoms with E-state index in [1.807, 2.05) is 0 Å². The first-order chi connectivity index (χ1) is 8.45. The lowest BCUT2D eigenvalue weighted by Gasteiger charge is -2.45. The second-order valence-corrected chi connectivity index (χ2v) is 6.94. The molecule has 1 N–H and O–H groups in total. The highest BCUT2D eigenvalue weighted by Gasteiger charge is 2.35. The van der Waals surface area contributed by atoms with Crippen LogP contribution in [0.15, 0.2) is 0 Å². The number of likely N-dealkylation sites (N-methyl/N-ethyl adjacent to an activating group) is 1. The van der Waals surface area contributed by atoms with Gasteiger partial charge in [-0.25, -0.2) is 0 Å². The summed E-state index contributed by atoms with van der Waals surface area (Å²) in [5.74, 6) is 2.44. The van der Waals surface area contributed by atoms with E-state index in [0.29, 0.717) is 6.04 Å². The lowest BCUT2D eigenvalue weighted by molar-refractivity contribution is 0.0726. The molecule has 1 fully saturated rings. The Kier molecular flexibility index (Phi) is 6.65. The maximum atomic E-state index is 3.79. The third-order valence-corrected chi connectivity index (χ3v) is 4.24. The molecule has 0 aromatic carbocycles. The predicted molar refractivity (Wildman–Crippen MR) is 80.9 cm³/mol. The van der Waals surface area contributed by atoms with Gasteiger partial charge in [0.15, 0.2) is 0 Å². The van der Waals surface area contributed by atoms with Crippen molar-refractivity contribution in [1.29, 1.82) is 0 Å². The van der Waals surface area contributed by atoms with Crippen LogP contribution in [0, 0.1) is 17.8 Å². The van der Waals surface area contributed by atoms with E-state index in [4.69, 9.17) is 0 Å². The summed E-state index contributed by atoms with van der Waals surface area (Å²) in [5.41, 5.74) is 0. The van der Waals surface area contributed by atoms with Crippen LogP contribution in [-0.2, 0) is 0 Å². The van der Waals surface area contributed by atoms with Gasteiger partial charge in [-0.2, -0.15) is 0 Å². The van der Waals surface area contributed by atoms with Crippen LogP contribution in [0.2, 0.25) is 0 Å². The van der Waals surface area contributed by atoms with E-state index >= 15 is 0 Å². The summed E-state index contributed by atoms with van der Waals surface area (Å²) in [5, 5.41) is 3.79. The van der Waals surface area contributed by atoms with Crippen molar-refractivity contribution in [2.45, 2.75) is 66.0 Å². The topological polar surface area (TPSA) is 15.3 Å². The summed E-state index contributed by atoms with van der Waals surface area (Å²) >= 11 is 0. The number of nitrogens with one attached hydrogen (secondary N) is 1. The minimum absolute atomic E-state index is 0.687. The lowest BCUT2D eigenvalue weighted by Crippen LogP contribution is -2.56. The van der Waals surface area contributed by atoms with Crippen LogP contribution in [0.25, 0.3) is 0 Å². The fraction of sp³-hybridized carbons (Fsp3) is 1.00. The molecule has 1 saturated carbocycles. The van der Waals surface area contributed by atoms with Crippen LogP contribution in [0.5, 0.6) is 0 Å². The van der Waals surface area contributed by atoms with Gasteiger partial charge >= 0.3 is 0 Å². The smallest absolute Gasteiger partial charge is 0.0272 e. The van der Waals surface area contributed by atoms with Crippen LogP contribution in [0.1, 0.15) is 53.9 Å². The predicted octanol–water partition coefficient (Wildman–Crippen LogP) is 3.38. The summed E-state index contributed by atoms with van der Waals surface area (Å²) in [6.07, 6.45) is 3.97. The second-order valence-electron chi connectivity index (χ2n) is 6.94. The largest absolute Gasteiger partial charge is 0.312 e. The second kappa shape index (κ2) is 7.49. The highest BCUT2D eigenvalue weighted by molar-refractivity contribution is 4.93. The van der Waals surface area contributed by atoms with Crippen LogP contribution >= 0.6 is 0 Å². The van der Waals surface area contributed by atoms with Gasteiger partial charge in [-0.05, 0) is 50.6 Å². The Labute approximate surface area is 115 Å². The SMILES string of the molecule is CCCNC1CC(C)CC(C)C1N(C)CC(C)C. The Balaban J connectivity index is 2.67. The van der Waals surface area contributed by atoms with Gasteiger partial charge in [0, 0.05) is 18.6 Å². The van der Waals surface area contributed by atoms with Gasteiger partial charge in [0.05, 0.1) is 0 Å². The quantitative estimate of drug-likeness (QED) is 0.782. The maximum Gasteiger partial charge on any atom is 0.0272 e. The van der Waals surface area contributed by atoms with Gasteiger partial charge in [0.2, 0.25) is 0 Å². The third kappa shape index (κ3) is 4.55. The van der Waals surface area contributed by atoms with E-state index < -0.39 is 0 Å². The Bertz CT molecular complexity index is 227. The molecule has 18 heavy (non-hydrogen) atoms. The van der Waals surface area contributed by atoms with Crippen molar-refractivity contribution in [1.82, 2.24) is 10.2 Å². The Morgan fingerprint density at radius 2 is 1.89 bits per heavy atom. The zero-order valence-electron chi connectivity index (χ0n) is 13.4. The first kappa shape index (κ1) is 16.0. The van der Waals surface area contributed by atoms with Crippen molar-refractivity contribution < 1.29 is 0 Å². The highest BCUT2D eigenvalue weighted by Crippen LogP contribution is 2.32. The number of hydrogen-bond acceptors (Lipinski definition) is 2. The standard InChI is InChI=1S/C16H34N2/c1-7-8-17-15-10-13(4)9-14(5)16(15)18(6)11-12(2)3/h12-17H,7-11H2,1-6H3. The molecule has 0 aromatic heterocycles. The molecule has 4 unspecified atom stereocenters. The molecule has 0 bridgehead atoms. The van der Waals surface area contributed by atoms with Crippen molar-refractivity contribution in [3.05, 3.63) is 0 Å². The van der Waals surface area contributed by atoms with Gasteiger partial charge < -0.3 is 10.2 Å². The average Bonchev–Trinajstić information content (AvgIpc) is 2.23. The highest BCUT2D eigenvalue weighted by atomic mass is 15.2. The minimum atomic E-state index is 0.687. The molecule has 0 aliphatic heterocycles. The molecular weight excluding hydrogens is 220 g/mol. The van der Waals surface area contributed by atoms with Crippen LogP contribution < -0.4 is 5.32 Å². The molecule has 1 rings (SSSR count). The van der Waals surface area contributed by atoms with E-state index in [1.165, 1.54) is 25.8 Å². The molecule has 1 aliphatic rings. The van der Waals surface area contributed by atoms with E-state index in [2.05, 4.69) is 51.9 Å². The molecule has 4 atom stereocenters. The van der Waals surface area contributed by atoms with E-state index in [1.54, 1.807) is 0 Å². The fourth-order valence-corrected chi connectivity index (χ4v) is 3.81. The van der Waals surface area contributed by atoms with Crippen molar-refractivity contribution in [3.8, 4) is 0 Å². The zero-order valence-corrected chi connectivity index (χ0v) is 13.4. The summed E-state index contributed by atoms with van der Waals surface area (Å²) in [6, 6.07) is 1.41.